The third-order valence-electron chi connectivity index (χ3n) is 3.75. The van der Waals surface area contributed by atoms with Gasteiger partial charge in [0.2, 0.25) is 0 Å². The molecular weight excluding hydrogens is 402 g/mol. The van der Waals surface area contributed by atoms with Gasteiger partial charge in [-0.2, -0.15) is 0 Å². The van der Waals surface area contributed by atoms with Crippen molar-refractivity contribution in [2.24, 2.45) is 0 Å². The molecule has 0 aliphatic carbocycles. The monoisotopic (exact) mass is 413 g/mol. The number of carboxylic acid groups (broad SMARTS) is 1. The highest BCUT2D eigenvalue weighted by Gasteiger charge is 2.23. The maximum atomic E-state index is 12.6. The Morgan fingerprint density at radius 1 is 1.07 bits per heavy atom. The summed E-state index contributed by atoms with van der Waals surface area (Å²) in [5.74, 6) is -2.30. The third-order valence-corrected chi connectivity index (χ3v) is 5.35. The van der Waals surface area contributed by atoms with Crippen molar-refractivity contribution in [2.75, 3.05) is 6.54 Å². The Hall–Kier alpha value is -3.44. The fraction of sp³-hybridized carbons (Fsp3) is 0.0588. The molecule has 4 aromatic rings. The number of aromatic nitrogens is 4. The molecule has 0 aliphatic rings. The van der Waals surface area contributed by atoms with Gasteiger partial charge in [-0.05, 0) is 6.07 Å². The van der Waals surface area contributed by atoms with Crippen molar-refractivity contribution in [1.82, 2.24) is 25.3 Å². The zero-order valence-corrected chi connectivity index (χ0v) is 15.6. The average molecular weight is 413 g/mol. The lowest BCUT2D eigenvalue weighted by molar-refractivity contribution is -0.135. The van der Waals surface area contributed by atoms with E-state index in [2.05, 4.69) is 25.3 Å². The molecular formula is C17H11N5O4S2. The lowest BCUT2D eigenvalue weighted by Crippen LogP contribution is -2.29. The van der Waals surface area contributed by atoms with E-state index in [9.17, 15) is 14.7 Å². The molecule has 0 bridgehead atoms. The van der Waals surface area contributed by atoms with Crippen LogP contribution < -0.4 is 5.32 Å². The normalized spacial score (nSPS) is 10.9. The molecule has 4 rings (SSSR count). The number of rotatable bonds is 5. The predicted octanol–water partition coefficient (Wildman–Crippen LogP) is 2.40. The highest BCUT2D eigenvalue weighted by molar-refractivity contribution is 7.13. The van der Waals surface area contributed by atoms with Gasteiger partial charge in [-0.1, -0.05) is 0 Å². The molecule has 9 nitrogen and oxygen atoms in total. The first-order valence-electron chi connectivity index (χ1n) is 7.87. The Kier molecular flexibility index (Phi) is 4.67. The van der Waals surface area contributed by atoms with Crippen LogP contribution in [-0.2, 0) is 4.79 Å². The summed E-state index contributed by atoms with van der Waals surface area (Å²) in [7, 11) is 0. The molecule has 0 unspecified atom stereocenters. The molecule has 0 aliphatic heterocycles. The summed E-state index contributed by atoms with van der Waals surface area (Å²) in [5.41, 5.74) is 1.20. The highest BCUT2D eigenvalue weighted by Crippen LogP contribution is 2.38. The molecule has 0 radical (unpaired) electrons. The van der Waals surface area contributed by atoms with Gasteiger partial charge in [-0.25, -0.2) is 15.0 Å². The maximum absolute atomic E-state index is 12.6. The van der Waals surface area contributed by atoms with Crippen LogP contribution in [0.1, 0.15) is 10.4 Å². The van der Waals surface area contributed by atoms with Gasteiger partial charge in [0, 0.05) is 23.2 Å². The summed E-state index contributed by atoms with van der Waals surface area (Å²) in [5, 5.41) is 26.5. The molecule has 0 saturated heterocycles. The molecule has 3 heterocycles. The van der Waals surface area contributed by atoms with Crippen molar-refractivity contribution in [3.05, 3.63) is 41.0 Å². The number of phenols is 1. The molecule has 28 heavy (non-hydrogen) atoms. The fourth-order valence-electron chi connectivity index (χ4n) is 2.58. The third kappa shape index (κ3) is 3.28. The summed E-state index contributed by atoms with van der Waals surface area (Å²) in [6, 6.07) is 1.60. The summed E-state index contributed by atoms with van der Waals surface area (Å²) in [4.78, 5) is 40.6. The van der Waals surface area contributed by atoms with Crippen molar-refractivity contribution in [3.63, 3.8) is 0 Å². The minimum absolute atomic E-state index is 0.151. The van der Waals surface area contributed by atoms with Crippen molar-refractivity contribution >= 4 is 45.6 Å². The number of hydrogen-bond acceptors (Lipinski definition) is 9. The van der Waals surface area contributed by atoms with Crippen LogP contribution in [0, 0.1) is 0 Å². The second-order valence-corrected chi connectivity index (χ2v) is 7.31. The van der Waals surface area contributed by atoms with E-state index >= 15 is 0 Å². The first-order chi connectivity index (χ1) is 13.5. The first kappa shape index (κ1) is 17.9. The number of carboxylic acids is 1. The second kappa shape index (κ2) is 7.29. The van der Waals surface area contributed by atoms with E-state index < -0.39 is 18.4 Å². The van der Waals surface area contributed by atoms with Crippen LogP contribution in [0.3, 0.4) is 0 Å². The van der Waals surface area contributed by atoms with E-state index in [-0.39, 0.29) is 16.8 Å². The number of fused-ring (bicyclic) bond motifs is 1. The van der Waals surface area contributed by atoms with E-state index in [0.717, 1.165) is 0 Å². The average Bonchev–Trinajstić information content (AvgIpc) is 3.39. The van der Waals surface area contributed by atoms with Gasteiger partial charge in [-0.15, -0.1) is 22.7 Å². The smallest absolute Gasteiger partial charge is 0.322 e. The molecule has 3 N–H and O–H groups in total. The van der Waals surface area contributed by atoms with Crippen molar-refractivity contribution in [1.29, 1.82) is 0 Å². The van der Waals surface area contributed by atoms with E-state index in [0.29, 0.717) is 26.8 Å². The molecule has 140 valence electrons. The molecule has 0 spiro atoms. The van der Waals surface area contributed by atoms with E-state index in [4.69, 9.17) is 5.11 Å². The second-order valence-electron chi connectivity index (χ2n) is 5.52. The first-order valence-corrected chi connectivity index (χ1v) is 9.63. The molecule has 0 atom stereocenters. The van der Waals surface area contributed by atoms with Gasteiger partial charge in [0.25, 0.3) is 5.91 Å². The summed E-state index contributed by atoms with van der Waals surface area (Å²) >= 11 is 2.68. The number of thiazole rings is 2. The van der Waals surface area contributed by atoms with Crippen LogP contribution in [-0.4, -0.2) is 48.6 Å². The molecule has 0 saturated carbocycles. The Morgan fingerprint density at radius 2 is 1.79 bits per heavy atom. The summed E-state index contributed by atoms with van der Waals surface area (Å²) in [6.07, 6.45) is 4.68. The number of nitrogens with zero attached hydrogens (tertiary/aromatic N) is 4. The Labute approximate surface area is 165 Å². The number of carbonyl (C=O) groups excluding carboxylic acids is 1. The summed E-state index contributed by atoms with van der Waals surface area (Å²) in [6.45, 7) is -0.591. The standard InChI is InChI=1S/C17H11N5O4S2/c23-11(24)7-21-15(26)12-13-9(5-8(14(12)25)16-18-1-3-27-16)22-10(6-20-13)17-19-2-4-28-17/h1-6,25H,7H2,(H,21,26)(H,23,24). The topological polar surface area (TPSA) is 138 Å². The van der Waals surface area contributed by atoms with Crippen molar-refractivity contribution < 1.29 is 19.8 Å². The molecule has 3 aromatic heterocycles. The van der Waals surface area contributed by atoms with E-state index in [1.807, 2.05) is 5.38 Å². The van der Waals surface area contributed by atoms with Gasteiger partial charge >= 0.3 is 5.97 Å². The van der Waals surface area contributed by atoms with Crippen LogP contribution >= 0.6 is 22.7 Å². The quantitative estimate of drug-likeness (QED) is 0.453. The van der Waals surface area contributed by atoms with E-state index in [1.54, 1.807) is 23.8 Å². The van der Waals surface area contributed by atoms with Gasteiger partial charge in [0.15, 0.2) is 0 Å². The predicted molar refractivity (Wildman–Crippen MR) is 103 cm³/mol. The van der Waals surface area contributed by atoms with Crippen molar-refractivity contribution in [3.8, 4) is 27.0 Å². The zero-order valence-electron chi connectivity index (χ0n) is 14.0. The van der Waals surface area contributed by atoms with Crippen LogP contribution in [0.15, 0.2) is 35.4 Å². The van der Waals surface area contributed by atoms with Crippen molar-refractivity contribution in [2.45, 2.75) is 0 Å². The maximum Gasteiger partial charge on any atom is 0.322 e. The number of aliphatic carboxylic acids is 1. The molecule has 0 fully saturated rings. The largest absolute Gasteiger partial charge is 0.506 e. The van der Waals surface area contributed by atoms with E-state index in [1.165, 1.54) is 28.9 Å². The van der Waals surface area contributed by atoms with Gasteiger partial charge < -0.3 is 15.5 Å². The number of hydrogen-bond donors (Lipinski definition) is 3. The number of aromatic hydroxyl groups is 1. The number of nitrogens with one attached hydrogen (secondary N) is 1. The Balaban J connectivity index is 1.93. The SMILES string of the molecule is O=C(O)CNC(=O)c1c(O)c(-c2nccs2)cc2nc(-c3nccs3)cnc12. The number of carbonyl (C=O) groups is 2. The van der Waals surface area contributed by atoms with Gasteiger partial charge in [0.05, 0.1) is 17.3 Å². The van der Waals surface area contributed by atoms with Crippen LogP contribution in [0.25, 0.3) is 32.3 Å². The lowest BCUT2D eigenvalue weighted by atomic mass is 10.0. The van der Waals surface area contributed by atoms with Gasteiger partial charge in [0.1, 0.15) is 39.1 Å². The number of benzene rings is 1. The highest BCUT2D eigenvalue weighted by atomic mass is 32.1. The van der Waals surface area contributed by atoms with Crippen LogP contribution in [0.5, 0.6) is 5.75 Å². The molecule has 1 aromatic carbocycles. The zero-order chi connectivity index (χ0) is 19.7. The number of phenolic OH excluding ortho intramolecular Hbond substituents is 1. The number of amides is 1. The Bertz CT molecular complexity index is 1180. The minimum Gasteiger partial charge on any atom is -0.506 e. The summed E-state index contributed by atoms with van der Waals surface area (Å²) < 4.78 is 0. The lowest BCUT2D eigenvalue weighted by Gasteiger charge is -2.12. The Morgan fingerprint density at radius 3 is 2.43 bits per heavy atom. The van der Waals surface area contributed by atoms with Gasteiger partial charge in [-0.3, -0.25) is 14.6 Å². The van der Waals surface area contributed by atoms with Crippen LogP contribution in [0.2, 0.25) is 0 Å². The molecule has 11 heteroatoms. The fourth-order valence-corrected chi connectivity index (χ4v) is 3.83. The molecule has 1 amide bonds. The minimum atomic E-state index is -1.20. The van der Waals surface area contributed by atoms with Crippen LogP contribution in [0.4, 0.5) is 0 Å².